The van der Waals surface area contributed by atoms with Crippen LogP contribution in [-0.4, -0.2) is 68.8 Å². The molecule has 0 unspecified atom stereocenters. The fourth-order valence-electron chi connectivity index (χ4n) is 5.73. The highest BCUT2D eigenvalue weighted by molar-refractivity contribution is 7.92. The second-order valence-electron chi connectivity index (χ2n) is 11.5. The standard InChI is InChI=1S/C31H34N10O3S/c1-40-18-24(17-36-40)22-7-12-28(33-15-22)41(31(42)35-14-21-5-3-2-4-6-21)27-10-8-25(9-11-27)38-30-34-16-23(13-32)29(39-30)37-26-19-45(43,44)20-26/h2-7,12,15-18,25-27H,8-11,14,19-20H2,1H3,(H,35,42)(H2,34,37,38,39)/t25-,27-. The molecule has 2 fully saturated rings. The molecule has 0 radical (unpaired) electrons. The zero-order valence-corrected chi connectivity index (χ0v) is 25.6. The highest BCUT2D eigenvalue weighted by atomic mass is 32.2. The first-order chi connectivity index (χ1) is 21.8. The maximum absolute atomic E-state index is 13.7. The SMILES string of the molecule is Cn1cc(-c2ccc(N(C(=O)NCc3ccccc3)[C@H]3CC[C@H](Nc4ncc(C#N)c(NC5CS(=O)(=O)C5)n4)CC3)nc2)cn1. The Morgan fingerprint density at radius 2 is 1.76 bits per heavy atom. The Labute approximate surface area is 261 Å². The monoisotopic (exact) mass is 626 g/mol. The van der Waals surface area contributed by atoms with Crippen LogP contribution in [0.25, 0.3) is 11.1 Å². The van der Waals surface area contributed by atoms with Crippen LogP contribution < -0.4 is 20.9 Å². The molecule has 1 saturated carbocycles. The predicted octanol–water partition coefficient (Wildman–Crippen LogP) is 3.49. The Morgan fingerprint density at radius 1 is 0.978 bits per heavy atom. The molecule has 2 amide bonds. The smallest absolute Gasteiger partial charge is 0.323 e. The largest absolute Gasteiger partial charge is 0.364 e. The number of carbonyl (C=O) groups excluding carboxylic acids is 1. The number of nitrogens with zero attached hydrogens (tertiary/aromatic N) is 7. The number of nitrogens with one attached hydrogen (secondary N) is 3. The molecule has 0 bridgehead atoms. The summed E-state index contributed by atoms with van der Waals surface area (Å²) in [6.07, 6.45) is 9.88. The average molecular weight is 627 g/mol. The van der Waals surface area contributed by atoms with Crippen LogP contribution in [0.15, 0.2) is 67.3 Å². The number of nitriles is 1. The lowest BCUT2D eigenvalue weighted by Crippen LogP contribution is -2.49. The minimum atomic E-state index is -3.02. The van der Waals surface area contributed by atoms with E-state index < -0.39 is 9.84 Å². The van der Waals surface area contributed by atoms with E-state index in [0.717, 1.165) is 42.4 Å². The Hall–Kier alpha value is -5.03. The molecule has 3 aromatic heterocycles. The molecule has 232 valence electrons. The topological polar surface area (TPSA) is 171 Å². The van der Waals surface area contributed by atoms with E-state index >= 15 is 0 Å². The zero-order valence-electron chi connectivity index (χ0n) is 24.8. The molecular weight excluding hydrogens is 592 g/mol. The fourth-order valence-corrected chi connectivity index (χ4v) is 7.03. The molecule has 1 saturated heterocycles. The van der Waals surface area contributed by atoms with E-state index in [1.54, 1.807) is 22.0 Å². The third-order valence-corrected chi connectivity index (χ3v) is 9.91. The summed E-state index contributed by atoms with van der Waals surface area (Å²) in [5, 5.41) is 23.2. The van der Waals surface area contributed by atoms with Gasteiger partial charge in [-0.3, -0.25) is 9.58 Å². The van der Waals surface area contributed by atoms with Gasteiger partial charge in [-0.15, -0.1) is 0 Å². The summed E-state index contributed by atoms with van der Waals surface area (Å²) in [5.74, 6) is 1.31. The van der Waals surface area contributed by atoms with Gasteiger partial charge in [-0.25, -0.2) is 23.2 Å². The molecule has 3 N–H and O–H groups in total. The van der Waals surface area contributed by atoms with E-state index in [0.29, 0.717) is 24.1 Å². The molecule has 14 heteroatoms. The number of amides is 2. The van der Waals surface area contributed by atoms with Crippen LogP contribution in [-0.2, 0) is 23.4 Å². The van der Waals surface area contributed by atoms with Crippen LogP contribution in [0.2, 0.25) is 0 Å². The van der Waals surface area contributed by atoms with Gasteiger partial charge in [0.15, 0.2) is 9.84 Å². The van der Waals surface area contributed by atoms with E-state index in [1.165, 1.54) is 6.20 Å². The van der Waals surface area contributed by atoms with Gasteiger partial charge >= 0.3 is 6.03 Å². The van der Waals surface area contributed by atoms with Gasteiger partial charge in [-0.2, -0.15) is 15.3 Å². The summed E-state index contributed by atoms with van der Waals surface area (Å²) >= 11 is 0. The number of anilines is 3. The number of benzene rings is 1. The van der Waals surface area contributed by atoms with Crippen molar-refractivity contribution in [2.24, 2.45) is 7.05 Å². The summed E-state index contributed by atoms with van der Waals surface area (Å²) in [5.41, 5.74) is 3.13. The van der Waals surface area contributed by atoms with Crippen LogP contribution in [0, 0.1) is 11.3 Å². The van der Waals surface area contributed by atoms with Gasteiger partial charge in [0.1, 0.15) is 23.3 Å². The van der Waals surface area contributed by atoms with Crippen molar-refractivity contribution in [3.8, 4) is 17.2 Å². The van der Waals surface area contributed by atoms with E-state index in [-0.39, 0.29) is 41.2 Å². The molecule has 4 aromatic rings. The Kier molecular flexibility index (Phi) is 8.61. The quantitative estimate of drug-likeness (QED) is 0.250. The molecule has 0 spiro atoms. The highest BCUT2D eigenvalue weighted by Crippen LogP contribution is 2.30. The van der Waals surface area contributed by atoms with E-state index in [4.69, 9.17) is 4.98 Å². The lowest BCUT2D eigenvalue weighted by atomic mass is 9.90. The van der Waals surface area contributed by atoms with Gasteiger partial charge in [-0.05, 0) is 43.4 Å². The number of carbonyl (C=O) groups is 1. The first-order valence-corrected chi connectivity index (χ1v) is 16.6. The lowest BCUT2D eigenvalue weighted by molar-refractivity contribution is 0.240. The number of rotatable bonds is 9. The Morgan fingerprint density at radius 3 is 2.40 bits per heavy atom. The van der Waals surface area contributed by atoms with Crippen molar-refractivity contribution >= 4 is 33.5 Å². The number of pyridine rings is 1. The molecule has 0 atom stereocenters. The maximum atomic E-state index is 13.7. The number of aromatic nitrogens is 5. The maximum Gasteiger partial charge on any atom is 0.323 e. The molecular formula is C31H34N10O3S. The number of hydrogen-bond donors (Lipinski definition) is 3. The molecule has 13 nitrogen and oxygen atoms in total. The van der Waals surface area contributed by atoms with Crippen LogP contribution in [0.5, 0.6) is 0 Å². The van der Waals surface area contributed by atoms with Gasteiger partial charge in [0.2, 0.25) is 5.95 Å². The van der Waals surface area contributed by atoms with Crippen LogP contribution in [0.4, 0.5) is 22.4 Å². The van der Waals surface area contributed by atoms with Crippen molar-refractivity contribution in [2.45, 2.75) is 50.4 Å². The second kappa shape index (κ2) is 12.9. The molecule has 1 aromatic carbocycles. The normalized spacial score (nSPS) is 19.1. The van der Waals surface area contributed by atoms with Crippen LogP contribution in [0.3, 0.4) is 0 Å². The zero-order chi connectivity index (χ0) is 31.4. The summed E-state index contributed by atoms with van der Waals surface area (Å²) < 4.78 is 24.9. The third-order valence-electron chi connectivity index (χ3n) is 8.09. The Balaban J connectivity index is 1.13. The van der Waals surface area contributed by atoms with E-state index in [1.807, 2.05) is 55.7 Å². The minimum Gasteiger partial charge on any atom is -0.364 e. The fraction of sp³-hybridized carbons (Fsp3) is 0.355. The van der Waals surface area contributed by atoms with E-state index in [9.17, 15) is 18.5 Å². The van der Waals surface area contributed by atoms with Crippen molar-refractivity contribution < 1.29 is 13.2 Å². The van der Waals surface area contributed by atoms with Crippen molar-refractivity contribution in [2.75, 3.05) is 27.0 Å². The summed E-state index contributed by atoms with van der Waals surface area (Å²) in [6.45, 7) is 0.403. The van der Waals surface area contributed by atoms with Crippen molar-refractivity contribution in [1.82, 2.24) is 30.0 Å². The second-order valence-corrected chi connectivity index (χ2v) is 13.6. The third kappa shape index (κ3) is 7.21. The first-order valence-electron chi connectivity index (χ1n) is 14.8. The van der Waals surface area contributed by atoms with E-state index in [2.05, 4.69) is 37.1 Å². The average Bonchev–Trinajstić information content (AvgIpc) is 3.47. The Bertz CT molecular complexity index is 1790. The number of sulfone groups is 1. The molecule has 1 aliphatic carbocycles. The minimum absolute atomic E-state index is 0.0190. The summed E-state index contributed by atoms with van der Waals surface area (Å²) in [6, 6.07) is 15.2. The molecule has 4 heterocycles. The summed E-state index contributed by atoms with van der Waals surface area (Å²) in [7, 11) is -1.16. The molecule has 6 rings (SSSR count). The molecule has 2 aliphatic rings. The molecule has 45 heavy (non-hydrogen) atoms. The highest BCUT2D eigenvalue weighted by Gasteiger charge is 2.34. The lowest BCUT2D eigenvalue weighted by Gasteiger charge is -2.36. The number of aryl methyl sites for hydroxylation is 1. The first kappa shape index (κ1) is 30.0. The van der Waals surface area contributed by atoms with Crippen LogP contribution >= 0.6 is 0 Å². The van der Waals surface area contributed by atoms with Gasteiger partial charge in [0.05, 0.1) is 29.9 Å². The number of hydrogen-bond acceptors (Lipinski definition) is 10. The molecule has 1 aliphatic heterocycles. The van der Waals surface area contributed by atoms with Gasteiger partial charge in [0, 0.05) is 49.2 Å². The predicted molar refractivity (Wildman–Crippen MR) is 170 cm³/mol. The van der Waals surface area contributed by atoms with Gasteiger partial charge in [0.25, 0.3) is 0 Å². The number of urea groups is 1. The van der Waals surface area contributed by atoms with Crippen molar-refractivity contribution in [1.29, 1.82) is 5.26 Å². The van der Waals surface area contributed by atoms with Gasteiger partial charge in [-0.1, -0.05) is 30.3 Å². The van der Waals surface area contributed by atoms with Crippen molar-refractivity contribution in [3.05, 3.63) is 78.4 Å². The van der Waals surface area contributed by atoms with Gasteiger partial charge < -0.3 is 16.0 Å². The van der Waals surface area contributed by atoms with Crippen LogP contribution in [0.1, 0.15) is 36.8 Å². The van der Waals surface area contributed by atoms with Crippen molar-refractivity contribution in [3.63, 3.8) is 0 Å². The summed E-state index contributed by atoms with van der Waals surface area (Å²) in [4.78, 5) is 28.9.